The van der Waals surface area contributed by atoms with Crippen LogP contribution in [0.4, 0.5) is 5.69 Å². The van der Waals surface area contributed by atoms with Gasteiger partial charge < -0.3 is 9.84 Å². The van der Waals surface area contributed by atoms with E-state index in [1.54, 1.807) is 0 Å². The maximum atomic E-state index is 5.42. The van der Waals surface area contributed by atoms with Gasteiger partial charge in [-0.05, 0) is 24.1 Å². The maximum absolute atomic E-state index is 5.42. The third-order valence-electron chi connectivity index (χ3n) is 3.15. The van der Waals surface area contributed by atoms with Crippen LogP contribution in [0.2, 0.25) is 0 Å². The van der Waals surface area contributed by atoms with Crippen LogP contribution >= 0.6 is 0 Å². The van der Waals surface area contributed by atoms with Gasteiger partial charge in [0.25, 0.3) is 0 Å². The molecule has 0 amide bonds. The van der Waals surface area contributed by atoms with Crippen molar-refractivity contribution in [1.82, 2.24) is 5.16 Å². The summed E-state index contributed by atoms with van der Waals surface area (Å²) in [5.74, 6) is 0. The zero-order chi connectivity index (χ0) is 11.3. The summed E-state index contributed by atoms with van der Waals surface area (Å²) in [5.41, 5.74) is 4.61. The van der Waals surface area contributed by atoms with Crippen LogP contribution in [0.3, 0.4) is 0 Å². The Bertz CT molecular complexity index is 549. The average molecular weight is 216 g/mol. The highest BCUT2D eigenvalue weighted by molar-refractivity contribution is 5.90. The molecule has 0 spiro atoms. The molecule has 3 rings (SSSR count). The molecule has 1 N–H and O–H groups in total. The minimum absolute atomic E-state index is 0.0307. The second-order valence-corrected chi connectivity index (χ2v) is 5.42. The highest BCUT2D eigenvalue weighted by Gasteiger charge is 2.26. The molecule has 84 valence electrons. The average Bonchev–Trinajstić information content (AvgIpc) is 2.81. The van der Waals surface area contributed by atoms with Crippen LogP contribution in [0.5, 0.6) is 0 Å². The van der Waals surface area contributed by atoms with E-state index in [0.29, 0.717) is 0 Å². The molecule has 3 heteroatoms. The lowest BCUT2D eigenvalue weighted by molar-refractivity contribution is 0.419. The zero-order valence-electron chi connectivity index (χ0n) is 9.92. The van der Waals surface area contributed by atoms with Gasteiger partial charge in [0, 0.05) is 17.6 Å². The maximum Gasteiger partial charge on any atom is 0.167 e. The molecule has 0 radical (unpaired) electrons. The van der Waals surface area contributed by atoms with E-state index in [2.05, 4.69) is 37.3 Å². The normalized spacial score (nSPS) is 15.2. The molecule has 3 nitrogen and oxygen atoms in total. The number of aromatic nitrogens is 1. The molecule has 16 heavy (non-hydrogen) atoms. The van der Waals surface area contributed by atoms with Crippen LogP contribution < -0.4 is 5.32 Å². The van der Waals surface area contributed by atoms with Crippen LogP contribution in [0.15, 0.2) is 16.7 Å². The molecular weight excluding hydrogens is 200 g/mol. The fourth-order valence-corrected chi connectivity index (χ4v) is 2.36. The van der Waals surface area contributed by atoms with Crippen LogP contribution in [0.25, 0.3) is 11.0 Å². The molecule has 1 aliphatic heterocycles. The first-order valence-corrected chi connectivity index (χ1v) is 5.73. The van der Waals surface area contributed by atoms with Gasteiger partial charge in [0.05, 0.1) is 11.1 Å². The van der Waals surface area contributed by atoms with E-state index in [1.165, 1.54) is 16.6 Å². The predicted octanol–water partition coefficient (Wildman–Crippen LogP) is 3.09. The molecule has 0 saturated heterocycles. The lowest BCUT2D eigenvalue weighted by Crippen LogP contribution is -2.12. The van der Waals surface area contributed by atoms with Crippen molar-refractivity contribution >= 4 is 16.7 Å². The van der Waals surface area contributed by atoms with Crippen LogP contribution in [-0.4, -0.2) is 11.7 Å². The molecule has 1 aromatic carbocycles. The Kier molecular flexibility index (Phi) is 1.82. The summed E-state index contributed by atoms with van der Waals surface area (Å²) in [6.45, 7) is 7.54. The molecular formula is C13H16N2O. The Morgan fingerprint density at radius 1 is 1.31 bits per heavy atom. The molecule has 0 saturated carbocycles. The largest absolute Gasteiger partial charge is 0.384 e. The lowest BCUT2D eigenvalue weighted by atomic mass is 9.88. The Labute approximate surface area is 94.8 Å². The van der Waals surface area contributed by atoms with Gasteiger partial charge in [-0.25, -0.2) is 0 Å². The predicted molar refractivity (Wildman–Crippen MR) is 64.9 cm³/mol. The molecule has 0 atom stereocenters. The van der Waals surface area contributed by atoms with Crippen LogP contribution in [-0.2, 0) is 11.8 Å². The van der Waals surface area contributed by atoms with E-state index in [1.807, 2.05) is 6.07 Å². The highest BCUT2D eigenvalue weighted by Crippen LogP contribution is 2.36. The standard InChI is InChI=1S/C13H16N2O/c1-13(2,3)12-11-8-6-7-14-9(8)4-5-10(11)16-15-12/h4-5,14H,6-7H2,1-3H3. The lowest BCUT2D eigenvalue weighted by Gasteiger charge is -2.15. The number of anilines is 1. The monoisotopic (exact) mass is 216 g/mol. The van der Waals surface area contributed by atoms with Crippen LogP contribution in [0, 0.1) is 0 Å². The van der Waals surface area contributed by atoms with Crippen molar-refractivity contribution in [1.29, 1.82) is 0 Å². The molecule has 0 unspecified atom stereocenters. The first kappa shape index (κ1) is 9.70. The van der Waals surface area contributed by atoms with Crippen molar-refractivity contribution in [2.24, 2.45) is 0 Å². The van der Waals surface area contributed by atoms with E-state index < -0.39 is 0 Å². The Morgan fingerprint density at radius 3 is 2.88 bits per heavy atom. The Hall–Kier alpha value is -1.51. The fourth-order valence-electron chi connectivity index (χ4n) is 2.36. The van der Waals surface area contributed by atoms with E-state index in [9.17, 15) is 0 Å². The van der Waals surface area contributed by atoms with E-state index in [0.717, 1.165) is 24.2 Å². The first-order valence-electron chi connectivity index (χ1n) is 5.73. The topological polar surface area (TPSA) is 38.1 Å². The Morgan fingerprint density at radius 2 is 2.12 bits per heavy atom. The van der Waals surface area contributed by atoms with Gasteiger partial charge in [0.2, 0.25) is 0 Å². The second kappa shape index (κ2) is 3.00. The second-order valence-electron chi connectivity index (χ2n) is 5.42. The van der Waals surface area contributed by atoms with Gasteiger partial charge in [-0.1, -0.05) is 25.9 Å². The number of nitrogens with one attached hydrogen (secondary N) is 1. The van der Waals surface area contributed by atoms with Crippen molar-refractivity contribution < 1.29 is 4.52 Å². The number of hydrogen-bond donors (Lipinski definition) is 1. The van der Waals surface area contributed by atoms with Gasteiger partial charge in [0.15, 0.2) is 5.58 Å². The summed E-state index contributed by atoms with van der Waals surface area (Å²) in [7, 11) is 0. The molecule has 2 aromatic rings. The number of hydrogen-bond acceptors (Lipinski definition) is 3. The van der Waals surface area contributed by atoms with Gasteiger partial charge in [-0.3, -0.25) is 0 Å². The van der Waals surface area contributed by atoms with Crippen molar-refractivity contribution in [3.05, 3.63) is 23.4 Å². The third-order valence-corrected chi connectivity index (χ3v) is 3.15. The minimum atomic E-state index is 0.0307. The minimum Gasteiger partial charge on any atom is -0.384 e. The van der Waals surface area contributed by atoms with Gasteiger partial charge in [-0.15, -0.1) is 0 Å². The third kappa shape index (κ3) is 1.24. The SMILES string of the molecule is CC(C)(C)c1noc2ccc3c(c12)CCN3. The molecule has 0 aliphatic carbocycles. The number of fused-ring (bicyclic) bond motifs is 3. The van der Waals surface area contributed by atoms with Crippen LogP contribution in [0.1, 0.15) is 32.0 Å². The smallest absolute Gasteiger partial charge is 0.167 e. The van der Waals surface area contributed by atoms with E-state index in [4.69, 9.17) is 4.52 Å². The van der Waals surface area contributed by atoms with Gasteiger partial charge in [0.1, 0.15) is 0 Å². The summed E-state index contributed by atoms with van der Waals surface area (Å²) in [6.07, 6.45) is 1.07. The Balaban J connectivity index is 2.36. The summed E-state index contributed by atoms with van der Waals surface area (Å²) in [5, 5.41) is 8.85. The van der Waals surface area contributed by atoms with Crippen molar-refractivity contribution in [2.75, 3.05) is 11.9 Å². The quantitative estimate of drug-likeness (QED) is 0.735. The molecule has 0 bridgehead atoms. The van der Waals surface area contributed by atoms with Crippen molar-refractivity contribution in [3.8, 4) is 0 Å². The summed E-state index contributed by atoms with van der Waals surface area (Å²) in [6, 6.07) is 4.09. The van der Waals surface area contributed by atoms with Gasteiger partial charge >= 0.3 is 0 Å². The summed E-state index contributed by atoms with van der Waals surface area (Å²) in [4.78, 5) is 0. The molecule has 2 heterocycles. The first-order chi connectivity index (χ1) is 7.57. The van der Waals surface area contributed by atoms with E-state index >= 15 is 0 Å². The molecule has 1 aliphatic rings. The molecule has 0 fully saturated rings. The van der Waals surface area contributed by atoms with Crippen molar-refractivity contribution in [2.45, 2.75) is 32.6 Å². The summed E-state index contributed by atoms with van der Waals surface area (Å²) >= 11 is 0. The van der Waals surface area contributed by atoms with E-state index in [-0.39, 0.29) is 5.41 Å². The zero-order valence-corrected chi connectivity index (χ0v) is 9.92. The number of benzene rings is 1. The summed E-state index contributed by atoms with van der Waals surface area (Å²) < 4.78 is 5.42. The number of rotatable bonds is 0. The fraction of sp³-hybridized carbons (Fsp3) is 0.462. The molecule has 1 aromatic heterocycles. The van der Waals surface area contributed by atoms with Gasteiger partial charge in [-0.2, -0.15) is 0 Å². The highest BCUT2D eigenvalue weighted by atomic mass is 16.5. The van der Waals surface area contributed by atoms with Crippen molar-refractivity contribution in [3.63, 3.8) is 0 Å². The number of nitrogens with zero attached hydrogens (tertiary/aromatic N) is 1.